The standard InChI is InChI=1S/C10H10N2O2S/c1-2-12-8(10(13)14)6-7(11-12)9-4-3-5-15-9/h3-6H,2H2,1H3,(H,13,14)/p-1. The first-order chi connectivity index (χ1) is 7.22. The van der Waals surface area contributed by atoms with Crippen LogP contribution in [0.25, 0.3) is 10.6 Å². The molecule has 0 bridgehead atoms. The predicted molar refractivity (Wildman–Crippen MR) is 55.5 cm³/mol. The van der Waals surface area contributed by atoms with E-state index in [1.54, 1.807) is 6.07 Å². The highest BCUT2D eigenvalue weighted by Crippen LogP contribution is 2.23. The number of aromatic nitrogens is 2. The van der Waals surface area contributed by atoms with Gasteiger partial charge in [-0.25, -0.2) is 0 Å². The van der Waals surface area contributed by atoms with Crippen molar-refractivity contribution in [2.45, 2.75) is 13.5 Å². The molecule has 2 aromatic heterocycles. The third kappa shape index (κ3) is 1.78. The lowest BCUT2D eigenvalue weighted by Gasteiger charge is -2.03. The minimum absolute atomic E-state index is 0.126. The van der Waals surface area contributed by atoms with E-state index in [1.165, 1.54) is 16.0 Å². The Morgan fingerprint density at radius 1 is 1.67 bits per heavy atom. The lowest BCUT2D eigenvalue weighted by atomic mass is 10.3. The van der Waals surface area contributed by atoms with Crippen LogP contribution in [0.5, 0.6) is 0 Å². The summed E-state index contributed by atoms with van der Waals surface area (Å²) >= 11 is 1.53. The number of hydrogen-bond acceptors (Lipinski definition) is 4. The zero-order chi connectivity index (χ0) is 10.8. The summed E-state index contributed by atoms with van der Waals surface area (Å²) in [7, 11) is 0. The molecule has 0 aliphatic rings. The fourth-order valence-corrected chi connectivity index (χ4v) is 2.05. The highest BCUT2D eigenvalue weighted by atomic mass is 32.1. The molecule has 0 aromatic carbocycles. The van der Waals surface area contributed by atoms with E-state index < -0.39 is 5.97 Å². The maximum atomic E-state index is 10.8. The average Bonchev–Trinajstić information content (AvgIpc) is 2.86. The molecule has 0 aliphatic carbocycles. The molecule has 0 saturated carbocycles. The Labute approximate surface area is 90.8 Å². The Morgan fingerprint density at radius 3 is 2.93 bits per heavy atom. The van der Waals surface area contributed by atoms with Crippen molar-refractivity contribution in [1.29, 1.82) is 0 Å². The number of aryl methyl sites for hydroxylation is 1. The quantitative estimate of drug-likeness (QED) is 0.776. The summed E-state index contributed by atoms with van der Waals surface area (Å²) in [5, 5.41) is 16.9. The Bertz CT molecular complexity index is 474. The van der Waals surface area contributed by atoms with Crippen LogP contribution < -0.4 is 5.11 Å². The second-order valence-corrected chi connectivity index (χ2v) is 3.94. The fourth-order valence-electron chi connectivity index (χ4n) is 1.37. The maximum absolute atomic E-state index is 10.8. The van der Waals surface area contributed by atoms with Gasteiger partial charge in [-0.05, 0) is 24.4 Å². The molecule has 0 fully saturated rings. The van der Waals surface area contributed by atoms with E-state index in [0.29, 0.717) is 12.2 Å². The second kappa shape index (κ2) is 3.86. The third-order valence-corrected chi connectivity index (χ3v) is 2.95. The molecule has 5 heteroatoms. The smallest absolute Gasteiger partial charge is 0.103 e. The molecule has 2 heterocycles. The van der Waals surface area contributed by atoms with Crippen molar-refractivity contribution in [2.24, 2.45) is 0 Å². The van der Waals surface area contributed by atoms with E-state index in [2.05, 4.69) is 5.10 Å². The summed E-state index contributed by atoms with van der Waals surface area (Å²) in [6.45, 7) is 2.37. The summed E-state index contributed by atoms with van der Waals surface area (Å²) in [6, 6.07) is 5.36. The van der Waals surface area contributed by atoms with Crippen molar-refractivity contribution < 1.29 is 9.90 Å². The van der Waals surface area contributed by atoms with Crippen molar-refractivity contribution in [3.05, 3.63) is 29.3 Å². The van der Waals surface area contributed by atoms with Crippen LogP contribution in [0, 0.1) is 0 Å². The van der Waals surface area contributed by atoms with E-state index in [9.17, 15) is 9.90 Å². The van der Waals surface area contributed by atoms with Crippen LogP contribution in [0.3, 0.4) is 0 Å². The zero-order valence-corrected chi connectivity index (χ0v) is 8.95. The number of thiophene rings is 1. The summed E-state index contributed by atoms with van der Waals surface area (Å²) < 4.78 is 1.43. The minimum Gasteiger partial charge on any atom is -0.543 e. The van der Waals surface area contributed by atoms with Crippen molar-refractivity contribution in [3.8, 4) is 10.6 Å². The third-order valence-electron chi connectivity index (χ3n) is 2.06. The molecule has 15 heavy (non-hydrogen) atoms. The summed E-state index contributed by atoms with van der Waals surface area (Å²) in [4.78, 5) is 11.8. The first-order valence-electron chi connectivity index (χ1n) is 4.55. The number of rotatable bonds is 3. The normalized spacial score (nSPS) is 10.5. The summed E-state index contributed by atoms with van der Waals surface area (Å²) in [5.41, 5.74) is 0.812. The van der Waals surface area contributed by atoms with Crippen molar-refractivity contribution in [2.75, 3.05) is 0 Å². The largest absolute Gasteiger partial charge is 0.543 e. The minimum atomic E-state index is -1.19. The van der Waals surface area contributed by atoms with Crippen molar-refractivity contribution in [1.82, 2.24) is 9.78 Å². The molecule has 2 aromatic rings. The number of carbonyl (C=O) groups is 1. The topological polar surface area (TPSA) is 58.0 Å². The van der Waals surface area contributed by atoms with E-state index in [-0.39, 0.29) is 5.69 Å². The lowest BCUT2D eigenvalue weighted by molar-refractivity contribution is -0.255. The van der Waals surface area contributed by atoms with Crippen LogP contribution in [0.2, 0.25) is 0 Å². The molecule has 0 spiro atoms. The van der Waals surface area contributed by atoms with Gasteiger partial charge in [-0.15, -0.1) is 11.3 Å². The molecule has 0 aliphatic heterocycles. The van der Waals surface area contributed by atoms with Crippen LogP contribution in [0.1, 0.15) is 17.4 Å². The Kier molecular flexibility index (Phi) is 2.55. The molecule has 0 saturated heterocycles. The number of hydrogen-bond donors (Lipinski definition) is 0. The van der Waals surface area contributed by atoms with E-state index in [0.717, 1.165) is 4.88 Å². The van der Waals surface area contributed by atoms with E-state index in [4.69, 9.17) is 0 Å². The molecule has 2 rings (SSSR count). The van der Waals surface area contributed by atoms with Gasteiger partial charge < -0.3 is 9.90 Å². The summed E-state index contributed by atoms with van der Waals surface area (Å²) in [6.07, 6.45) is 0. The molecule has 0 radical (unpaired) electrons. The lowest BCUT2D eigenvalue weighted by Crippen LogP contribution is -2.25. The number of nitrogens with zero attached hydrogens (tertiary/aromatic N) is 2. The van der Waals surface area contributed by atoms with Crippen LogP contribution in [0.4, 0.5) is 0 Å². The number of carboxylic acid groups (broad SMARTS) is 1. The second-order valence-electron chi connectivity index (χ2n) is 3.00. The highest BCUT2D eigenvalue weighted by Gasteiger charge is 2.09. The van der Waals surface area contributed by atoms with E-state index >= 15 is 0 Å². The SMILES string of the molecule is CCn1nc(-c2cccs2)cc1C(=O)[O-]. The van der Waals surface area contributed by atoms with Gasteiger partial charge in [0.25, 0.3) is 0 Å². The van der Waals surface area contributed by atoms with Gasteiger partial charge in [0.2, 0.25) is 0 Å². The van der Waals surface area contributed by atoms with Gasteiger partial charge in [0.15, 0.2) is 0 Å². The highest BCUT2D eigenvalue weighted by molar-refractivity contribution is 7.13. The van der Waals surface area contributed by atoms with Gasteiger partial charge in [-0.2, -0.15) is 5.10 Å². The first kappa shape index (κ1) is 9.92. The van der Waals surface area contributed by atoms with Gasteiger partial charge in [-0.3, -0.25) is 4.68 Å². The molecule has 78 valence electrons. The monoisotopic (exact) mass is 221 g/mol. The van der Waals surface area contributed by atoms with Crippen LogP contribution >= 0.6 is 11.3 Å². The van der Waals surface area contributed by atoms with Gasteiger partial charge in [-0.1, -0.05) is 6.07 Å². The molecular weight excluding hydrogens is 212 g/mol. The fraction of sp³-hybridized carbons (Fsp3) is 0.200. The number of aromatic carboxylic acids is 1. The van der Waals surface area contributed by atoms with Crippen molar-refractivity contribution in [3.63, 3.8) is 0 Å². The molecule has 0 amide bonds. The average molecular weight is 221 g/mol. The van der Waals surface area contributed by atoms with Crippen LogP contribution in [-0.4, -0.2) is 15.7 Å². The van der Waals surface area contributed by atoms with Gasteiger partial charge in [0.1, 0.15) is 5.69 Å². The van der Waals surface area contributed by atoms with Crippen LogP contribution in [-0.2, 0) is 6.54 Å². The number of carboxylic acids is 1. The molecular formula is C10H9N2O2S-. The van der Waals surface area contributed by atoms with Crippen LogP contribution in [0.15, 0.2) is 23.6 Å². The Morgan fingerprint density at radius 2 is 2.47 bits per heavy atom. The molecule has 4 nitrogen and oxygen atoms in total. The molecule has 0 unspecified atom stereocenters. The van der Waals surface area contributed by atoms with E-state index in [1.807, 2.05) is 24.4 Å². The van der Waals surface area contributed by atoms with Crippen molar-refractivity contribution >= 4 is 17.3 Å². The molecule has 0 N–H and O–H groups in total. The molecule has 0 atom stereocenters. The van der Waals surface area contributed by atoms with Gasteiger partial charge in [0, 0.05) is 6.54 Å². The first-order valence-corrected chi connectivity index (χ1v) is 5.43. The number of carbonyl (C=O) groups excluding carboxylic acids is 1. The summed E-state index contributed by atoms with van der Waals surface area (Å²) in [5.74, 6) is -1.19. The van der Waals surface area contributed by atoms with Gasteiger partial charge in [0.05, 0.1) is 16.5 Å². The maximum Gasteiger partial charge on any atom is 0.103 e. The van der Waals surface area contributed by atoms with Gasteiger partial charge >= 0.3 is 0 Å². The predicted octanol–water partition coefficient (Wildman–Crippen LogP) is 0.995. The zero-order valence-electron chi connectivity index (χ0n) is 8.14. The Balaban J connectivity index is 2.48. The Hall–Kier alpha value is -1.62.